The van der Waals surface area contributed by atoms with E-state index >= 15 is 0 Å². The molecule has 4 heteroatoms. The lowest BCUT2D eigenvalue weighted by molar-refractivity contribution is 0.102. The fraction of sp³-hybridized carbons (Fsp3) is 0.350. The Hall–Kier alpha value is -2.49. The van der Waals surface area contributed by atoms with Crippen molar-refractivity contribution in [2.24, 2.45) is 0 Å². The maximum Gasteiger partial charge on any atom is 0.255 e. The van der Waals surface area contributed by atoms with Crippen LogP contribution in [0.15, 0.2) is 42.5 Å². The van der Waals surface area contributed by atoms with Gasteiger partial charge in [-0.25, -0.2) is 0 Å². The van der Waals surface area contributed by atoms with Crippen LogP contribution in [0.25, 0.3) is 0 Å². The van der Waals surface area contributed by atoms with Gasteiger partial charge in [0, 0.05) is 30.0 Å². The zero-order valence-electron chi connectivity index (χ0n) is 14.9. The topological polar surface area (TPSA) is 41.6 Å². The molecule has 0 bridgehead atoms. The van der Waals surface area contributed by atoms with Crippen molar-refractivity contribution in [1.29, 1.82) is 0 Å². The van der Waals surface area contributed by atoms with Gasteiger partial charge in [-0.3, -0.25) is 4.79 Å². The first kappa shape index (κ1) is 17.9. The number of nitrogens with one attached hydrogen (secondary N) is 1. The number of anilines is 2. The van der Waals surface area contributed by atoms with Gasteiger partial charge in [-0.2, -0.15) is 0 Å². The summed E-state index contributed by atoms with van der Waals surface area (Å²) in [6.45, 7) is 10.8. The summed E-state index contributed by atoms with van der Waals surface area (Å²) in [7, 11) is 0. The van der Waals surface area contributed by atoms with Crippen LogP contribution in [-0.4, -0.2) is 25.6 Å². The van der Waals surface area contributed by atoms with E-state index in [0.29, 0.717) is 12.2 Å². The first-order valence-corrected chi connectivity index (χ1v) is 8.48. The van der Waals surface area contributed by atoms with Gasteiger partial charge in [0.05, 0.1) is 6.61 Å². The number of nitrogens with zero attached hydrogens (tertiary/aromatic N) is 1. The normalized spacial score (nSPS) is 10.3. The van der Waals surface area contributed by atoms with Crippen LogP contribution in [0.4, 0.5) is 11.4 Å². The van der Waals surface area contributed by atoms with E-state index in [1.807, 2.05) is 38.1 Å². The summed E-state index contributed by atoms with van der Waals surface area (Å²) < 4.78 is 5.40. The van der Waals surface area contributed by atoms with E-state index in [2.05, 4.69) is 30.1 Å². The van der Waals surface area contributed by atoms with Gasteiger partial charge in [-0.1, -0.05) is 0 Å². The van der Waals surface area contributed by atoms with E-state index in [1.54, 1.807) is 12.1 Å². The van der Waals surface area contributed by atoms with Crippen LogP contribution in [0.1, 0.15) is 36.7 Å². The third-order valence-corrected chi connectivity index (χ3v) is 4.01. The lowest BCUT2D eigenvalue weighted by Crippen LogP contribution is -2.22. The summed E-state index contributed by atoms with van der Waals surface area (Å²) in [6.07, 6.45) is 0. The van der Waals surface area contributed by atoms with Crippen molar-refractivity contribution in [3.05, 3.63) is 53.6 Å². The Morgan fingerprint density at radius 2 is 1.71 bits per heavy atom. The van der Waals surface area contributed by atoms with E-state index in [9.17, 15) is 4.79 Å². The van der Waals surface area contributed by atoms with E-state index < -0.39 is 0 Å². The molecule has 4 nitrogen and oxygen atoms in total. The summed E-state index contributed by atoms with van der Waals surface area (Å²) >= 11 is 0. The van der Waals surface area contributed by atoms with Gasteiger partial charge in [-0.05, 0) is 75.7 Å². The van der Waals surface area contributed by atoms with Crippen molar-refractivity contribution < 1.29 is 9.53 Å². The first-order valence-electron chi connectivity index (χ1n) is 8.48. The van der Waals surface area contributed by atoms with E-state index in [-0.39, 0.29) is 5.91 Å². The van der Waals surface area contributed by atoms with Crippen molar-refractivity contribution >= 4 is 17.3 Å². The molecule has 24 heavy (non-hydrogen) atoms. The Labute approximate surface area is 144 Å². The number of rotatable bonds is 7. The number of carbonyl (C=O) groups excluding carboxylic acids is 1. The van der Waals surface area contributed by atoms with Crippen molar-refractivity contribution in [3.63, 3.8) is 0 Å². The van der Waals surface area contributed by atoms with Crippen LogP contribution in [0.3, 0.4) is 0 Å². The average molecular weight is 326 g/mol. The van der Waals surface area contributed by atoms with Crippen LogP contribution in [0.5, 0.6) is 5.75 Å². The smallest absolute Gasteiger partial charge is 0.255 e. The molecule has 0 saturated carbocycles. The van der Waals surface area contributed by atoms with Gasteiger partial charge in [0.25, 0.3) is 5.91 Å². The molecule has 1 amide bonds. The largest absolute Gasteiger partial charge is 0.494 e. The number of ether oxygens (including phenoxy) is 1. The summed E-state index contributed by atoms with van der Waals surface area (Å²) in [5.41, 5.74) is 3.69. The molecule has 0 unspecified atom stereocenters. The van der Waals surface area contributed by atoms with Gasteiger partial charge in [0.15, 0.2) is 0 Å². The first-order chi connectivity index (χ1) is 11.6. The molecule has 0 atom stereocenters. The van der Waals surface area contributed by atoms with Crippen molar-refractivity contribution in [2.45, 2.75) is 27.7 Å². The van der Waals surface area contributed by atoms with Gasteiger partial charge in [0.1, 0.15) is 5.75 Å². The van der Waals surface area contributed by atoms with E-state index in [0.717, 1.165) is 30.1 Å². The van der Waals surface area contributed by atoms with Crippen molar-refractivity contribution in [1.82, 2.24) is 0 Å². The van der Waals surface area contributed by atoms with Crippen LogP contribution >= 0.6 is 0 Å². The lowest BCUT2D eigenvalue weighted by Gasteiger charge is -2.22. The zero-order chi connectivity index (χ0) is 17.5. The average Bonchev–Trinajstić information content (AvgIpc) is 2.59. The Morgan fingerprint density at radius 1 is 1.04 bits per heavy atom. The summed E-state index contributed by atoms with van der Waals surface area (Å²) in [4.78, 5) is 14.7. The summed E-state index contributed by atoms with van der Waals surface area (Å²) in [5.74, 6) is 0.658. The highest BCUT2D eigenvalue weighted by Crippen LogP contribution is 2.23. The number of hydrogen-bond donors (Lipinski definition) is 1. The predicted octanol–water partition coefficient (Wildman–Crippen LogP) is 4.49. The SMILES string of the molecule is CCOc1ccc(C(=O)Nc2ccc(N(CC)CC)cc2C)cc1. The van der Waals surface area contributed by atoms with Gasteiger partial charge < -0.3 is 15.0 Å². The molecule has 2 rings (SSSR count). The fourth-order valence-electron chi connectivity index (χ4n) is 2.64. The summed E-state index contributed by atoms with van der Waals surface area (Å²) in [6, 6.07) is 13.3. The molecule has 0 fully saturated rings. The molecule has 0 heterocycles. The minimum absolute atomic E-state index is 0.114. The second-order valence-electron chi connectivity index (χ2n) is 5.58. The van der Waals surface area contributed by atoms with E-state index in [4.69, 9.17) is 4.74 Å². The molecule has 128 valence electrons. The van der Waals surface area contributed by atoms with Gasteiger partial charge in [0.2, 0.25) is 0 Å². The Bertz CT molecular complexity index is 677. The molecule has 0 aliphatic heterocycles. The molecule has 0 aliphatic carbocycles. The molecular formula is C20H26N2O2. The highest BCUT2D eigenvalue weighted by molar-refractivity contribution is 6.04. The Balaban J connectivity index is 2.11. The van der Waals surface area contributed by atoms with Crippen molar-refractivity contribution in [3.8, 4) is 5.75 Å². The van der Waals surface area contributed by atoms with Crippen LogP contribution < -0.4 is 15.0 Å². The number of amides is 1. The monoisotopic (exact) mass is 326 g/mol. The molecule has 2 aromatic carbocycles. The maximum atomic E-state index is 12.4. The molecule has 0 aliphatic rings. The number of carbonyl (C=O) groups is 1. The quantitative estimate of drug-likeness (QED) is 0.815. The van der Waals surface area contributed by atoms with Gasteiger partial charge >= 0.3 is 0 Å². The highest BCUT2D eigenvalue weighted by atomic mass is 16.5. The molecular weight excluding hydrogens is 300 g/mol. The fourth-order valence-corrected chi connectivity index (χ4v) is 2.64. The van der Waals surface area contributed by atoms with Crippen LogP contribution in [0, 0.1) is 6.92 Å². The van der Waals surface area contributed by atoms with Crippen LogP contribution in [0.2, 0.25) is 0 Å². The number of hydrogen-bond acceptors (Lipinski definition) is 3. The third-order valence-electron chi connectivity index (χ3n) is 4.01. The predicted molar refractivity (Wildman–Crippen MR) is 100 cm³/mol. The van der Waals surface area contributed by atoms with Crippen LogP contribution in [-0.2, 0) is 0 Å². The van der Waals surface area contributed by atoms with Gasteiger partial charge in [-0.15, -0.1) is 0 Å². The standard InChI is InChI=1S/C20H26N2O2/c1-5-22(6-2)17-10-13-19(15(4)14-17)21-20(23)16-8-11-18(12-9-16)24-7-3/h8-14H,5-7H2,1-4H3,(H,21,23). The number of benzene rings is 2. The Morgan fingerprint density at radius 3 is 2.25 bits per heavy atom. The summed E-state index contributed by atoms with van der Waals surface area (Å²) in [5, 5.41) is 2.98. The lowest BCUT2D eigenvalue weighted by atomic mass is 10.1. The molecule has 0 saturated heterocycles. The minimum Gasteiger partial charge on any atom is -0.494 e. The number of aryl methyl sites for hydroxylation is 1. The molecule has 2 aromatic rings. The second kappa shape index (κ2) is 8.39. The molecule has 0 spiro atoms. The maximum absolute atomic E-state index is 12.4. The van der Waals surface area contributed by atoms with E-state index in [1.165, 1.54) is 5.69 Å². The second-order valence-corrected chi connectivity index (χ2v) is 5.58. The third kappa shape index (κ3) is 4.28. The molecule has 0 aromatic heterocycles. The highest BCUT2D eigenvalue weighted by Gasteiger charge is 2.10. The zero-order valence-corrected chi connectivity index (χ0v) is 14.9. The minimum atomic E-state index is -0.114. The Kier molecular flexibility index (Phi) is 6.24. The molecule has 0 radical (unpaired) electrons. The molecule has 1 N–H and O–H groups in total. The van der Waals surface area contributed by atoms with Crippen molar-refractivity contribution in [2.75, 3.05) is 29.9 Å².